The molecule has 2 unspecified atom stereocenters. The van der Waals surface area contributed by atoms with Crippen LogP contribution in [0.1, 0.15) is 37.0 Å². The molecule has 1 fully saturated rings. The third-order valence-electron chi connectivity index (χ3n) is 2.77. The van der Waals surface area contributed by atoms with Crippen LogP contribution in [0, 0.1) is 5.92 Å². The largest absolute Gasteiger partial charge is 0.299 e. The summed E-state index contributed by atoms with van der Waals surface area (Å²) in [5, 5.41) is 2.06. The maximum Gasteiger partial charge on any atom is 0.141 e. The van der Waals surface area contributed by atoms with Gasteiger partial charge in [-0.25, -0.2) is 0 Å². The number of carbonyl (C=O) groups excluding carboxylic acids is 1. The Morgan fingerprint density at radius 1 is 1.46 bits per heavy atom. The monoisotopic (exact) mass is 194 g/mol. The summed E-state index contributed by atoms with van der Waals surface area (Å²) in [5.41, 5.74) is 0. The van der Waals surface area contributed by atoms with E-state index < -0.39 is 0 Å². The van der Waals surface area contributed by atoms with Crippen LogP contribution in [-0.4, -0.2) is 5.78 Å². The number of hydrogen-bond donors (Lipinski definition) is 0. The maximum atomic E-state index is 11.7. The topological polar surface area (TPSA) is 17.1 Å². The Kier molecular flexibility index (Phi) is 2.49. The predicted octanol–water partition coefficient (Wildman–Crippen LogP) is 3.22. The standard InChI is InChI=1S/C11H14OS/c1-8-4-5-9(10(12)7-8)11-3-2-6-13-11/h2-3,6,8-9H,4-5,7H2,1H3. The van der Waals surface area contributed by atoms with Gasteiger partial charge in [0.05, 0.1) is 5.92 Å². The summed E-state index contributed by atoms with van der Waals surface area (Å²) >= 11 is 1.71. The molecule has 1 nitrogen and oxygen atoms in total. The lowest BCUT2D eigenvalue weighted by molar-refractivity contribution is -0.122. The normalized spacial score (nSPS) is 29.2. The van der Waals surface area contributed by atoms with Crippen LogP contribution in [0.4, 0.5) is 0 Å². The van der Waals surface area contributed by atoms with Crippen LogP contribution in [0.3, 0.4) is 0 Å². The van der Waals surface area contributed by atoms with Crippen molar-refractivity contribution in [3.05, 3.63) is 22.4 Å². The summed E-state index contributed by atoms with van der Waals surface area (Å²) in [6, 6.07) is 4.12. The Bertz CT molecular complexity index is 289. The van der Waals surface area contributed by atoms with E-state index in [0.717, 1.165) is 12.8 Å². The van der Waals surface area contributed by atoms with Crippen molar-refractivity contribution in [3.8, 4) is 0 Å². The molecule has 1 heterocycles. The predicted molar refractivity (Wildman–Crippen MR) is 55.1 cm³/mol. The van der Waals surface area contributed by atoms with Crippen molar-refractivity contribution < 1.29 is 4.79 Å². The minimum Gasteiger partial charge on any atom is -0.299 e. The van der Waals surface area contributed by atoms with Crippen molar-refractivity contribution in [2.45, 2.75) is 32.1 Å². The lowest BCUT2D eigenvalue weighted by Gasteiger charge is -2.23. The zero-order valence-electron chi connectivity index (χ0n) is 7.82. The van der Waals surface area contributed by atoms with Crippen molar-refractivity contribution in [1.82, 2.24) is 0 Å². The molecule has 2 atom stereocenters. The zero-order chi connectivity index (χ0) is 9.26. The second-order valence-corrected chi connectivity index (χ2v) is 4.90. The maximum absolute atomic E-state index is 11.7. The molecular formula is C11H14OS. The van der Waals surface area contributed by atoms with Gasteiger partial charge in [0.25, 0.3) is 0 Å². The summed E-state index contributed by atoms with van der Waals surface area (Å²) in [6.45, 7) is 2.17. The third kappa shape index (κ3) is 1.83. The quantitative estimate of drug-likeness (QED) is 0.671. The Morgan fingerprint density at radius 3 is 2.92 bits per heavy atom. The van der Waals surface area contributed by atoms with E-state index in [4.69, 9.17) is 0 Å². The van der Waals surface area contributed by atoms with Gasteiger partial charge in [0.2, 0.25) is 0 Å². The lowest BCUT2D eigenvalue weighted by atomic mass is 9.81. The highest BCUT2D eigenvalue weighted by atomic mass is 32.1. The fourth-order valence-corrected chi connectivity index (χ4v) is 2.88. The van der Waals surface area contributed by atoms with E-state index in [1.54, 1.807) is 11.3 Å². The molecule has 70 valence electrons. The first kappa shape index (κ1) is 8.95. The van der Waals surface area contributed by atoms with Crippen LogP contribution >= 0.6 is 11.3 Å². The lowest BCUT2D eigenvalue weighted by Crippen LogP contribution is -2.21. The molecule has 0 radical (unpaired) electrons. The van der Waals surface area contributed by atoms with Gasteiger partial charge < -0.3 is 0 Å². The van der Waals surface area contributed by atoms with E-state index in [9.17, 15) is 4.79 Å². The average Bonchev–Trinajstić information content (AvgIpc) is 2.56. The molecule has 0 N–H and O–H groups in total. The van der Waals surface area contributed by atoms with Crippen molar-refractivity contribution in [1.29, 1.82) is 0 Å². The highest BCUT2D eigenvalue weighted by Crippen LogP contribution is 2.34. The molecule has 13 heavy (non-hydrogen) atoms. The van der Waals surface area contributed by atoms with Crippen LogP contribution < -0.4 is 0 Å². The van der Waals surface area contributed by atoms with Crippen LogP contribution in [0.25, 0.3) is 0 Å². The summed E-state index contributed by atoms with van der Waals surface area (Å²) in [4.78, 5) is 13.0. The Balaban J connectivity index is 2.13. The van der Waals surface area contributed by atoms with E-state index in [-0.39, 0.29) is 5.92 Å². The second-order valence-electron chi connectivity index (χ2n) is 3.92. The molecule has 2 rings (SSSR count). The van der Waals surface area contributed by atoms with Crippen LogP contribution in [0.5, 0.6) is 0 Å². The molecule has 1 aromatic rings. The third-order valence-corrected chi connectivity index (χ3v) is 3.76. The Morgan fingerprint density at radius 2 is 2.31 bits per heavy atom. The Hall–Kier alpha value is -0.630. The van der Waals surface area contributed by atoms with Crippen molar-refractivity contribution in [2.75, 3.05) is 0 Å². The van der Waals surface area contributed by atoms with Gasteiger partial charge in [-0.15, -0.1) is 11.3 Å². The van der Waals surface area contributed by atoms with Crippen LogP contribution in [-0.2, 0) is 4.79 Å². The summed E-state index contributed by atoms with van der Waals surface area (Å²) < 4.78 is 0. The molecule has 1 saturated carbocycles. The molecular weight excluding hydrogens is 180 g/mol. The molecule has 2 heteroatoms. The number of thiophene rings is 1. The molecule has 0 bridgehead atoms. The first-order chi connectivity index (χ1) is 6.27. The van der Waals surface area contributed by atoms with Crippen molar-refractivity contribution >= 4 is 17.1 Å². The first-order valence-electron chi connectivity index (χ1n) is 4.83. The number of Topliss-reactive ketones (excluding diaryl/α,β-unsaturated/α-hetero) is 1. The number of hydrogen-bond acceptors (Lipinski definition) is 2. The number of carbonyl (C=O) groups is 1. The van der Waals surface area contributed by atoms with E-state index in [1.807, 2.05) is 6.07 Å². The average molecular weight is 194 g/mol. The van der Waals surface area contributed by atoms with E-state index in [1.165, 1.54) is 11.3 Å². The molecule has 0 aromatic carbocycles. The SMILES string of the molecule is CC1CCC(c2cccs2)C(=O)C1. The molecule has 1 aromatic heterocycles. The zero-order valence-corrected chi connectivity index (χ0v) is 8.64. The van der Waals surface area contributed by atoms with Gasteiger partial charge >= 0.3 is 0 Å². The second kappa shape index (κ2) is 3.62. The minimum absolute atomic E-state index is 0.219. The van der Waals surface area contributed by atoms with Gasteiger partial charge in [0.1, 0.15) is 5.78 Å². The van der Waals surface area contributed by atoms with E-state index >= 15 is 0 Å². The summed E-state index contributed by atoms with van der Waals surface area (Å²) in [6.07, 6.45) is 3.04. The van der Waals surface area contributed by atoms with Crippen molar-refractivity contribution in [3.63, 3.8) is 0 Å². The Labute approximate surface area is 82.8 Å². The molecule has 0 aliphatic heterocycles. The van der Waals surface area contributed by atoms with Gasteiger partial charge in [-0.05, 0) is 30.2 Å². The molecule has 1 aliphatic rings. The minimum atomic E-state index is 0.219. The fraction of sp³-hybridized carbons (Fsp3) is 0.545. The fourth-order valence-electron chi connectivity index (χ4n) is 1.99. The van der Waals surface area contributed by atoms with Crippen molar-refractivity contribution in [2.24, 2.45) is 5.92 Å². The van der Waals surface area contributed by atoms with Gasteiger partial charge in [-0.3, -0.25) is 4.79 Å². The van der Waals surface area contributed by atoms with Gasteiger partial charge in [-0.1, -0.05) is 13.0 Å². The molecule has 0 amide bonds. The van der Waals surface area contributed by atoms with Crippen LogP contribution in [0.2, 0.25) is 0 Å². The van der Waals surface area contributed by atoms with Crippen LogP contribution in [0.15, 0.2) is 17.5 Å². The molecule has 0 saturated heterocycles. The van der Waals surface area contributed by atoms with E-state index in [0.29, 0.717) is 11.7 Å². The number of rotatable bonds is 1. The summed E-state index contributed by atoms with van der Waals surface area (Å²) in [7, 11) is 0. The van der Waals surface area contributed by atoms with Gasteiger partial charge in [-0.2, -0.15) is 0 Å². The summed E-state index contributed by atoms with van der Waals surface area (Å²) in [5.74, 6) is 1.26. The first-order valence-corrected chi connectivity index (χ1v) is 5.71. The van der Waals surface area contributed by atoms with Gasteiger partial charge in [0.15, 0.2) is 0 Å². The number of ketones is 1. The highest BCUT2D eigenvalue weighted by molar-refractivity contribution is 7.10. The highest BCUT2D eigenvalue weighted by Gasteiger charge is 2.27. The van der Waals surface area contributed by atoms with Gasteiger partial charge in [0, 0.05) is 11.3 Å². The molecule has 1 aliphatic carbocycles. The smallest absolute Gasteiger partial charge is 0.141 e. The van der Waals surface area contributed by atoms with E-state index in [2.05, 4.69) is 18.4 Å². The molecule has 0 spiro atoms.